The number of ether oxygens (including phenoxy) is 1. The highest BCUT2D eigenvalue weighted by atomic mass is 16.5. The van der Waals surface area contributed by atoms with Crippen LogP contribution in [-0.4, -0.2) is 41.8 Å². The van der Waals surface area contributed by atoms with Gasteiger partial charge in [-0.2, -0.15) is 0 Å². The van der Waals surface area contributed by atoms with Crippen LogP contribution >= 0.6 is 0 Å². The van der Waals surface area contributed by atoms with Crippen molar-refractivity contribution in [3.63, 3.8) is 0 Å². The van der Waals surface area contributed by atoms with Crippen molar-refractivity contribution in [2.75, 3.05) is 13.2 Å². The predicted molar refractivity (Wildman–Crippen MR) is 124 cm³/mol. The molecule has 0 saturated heterocycles. The fourth-order valence-electron chi connectivity index (χ4n) is 4.66. The third kappa shape index (κ3) is 4.72. The molecule has 2 aromatic carbocycles. The summed E-state index contributed by atoms with van der Waals surface area (Å²) < 4.78 is 5.51. The Balaban J connectivity index is 1.20. The van der Waals surface area contributed by atoms with Crippen molar-refractivity contribution < 1.29 is 24.2 Å². The van der Waals surface area contributed by atoms with Crippen LogP contribution in [-0.2, 0) is 14.3 Å². The third-order valence-electron chi connectivity index (χ3n) is 6.85. The molecule has 174 valence electrons. The van der Waals surface area contributed by atoms with E-state index in [1.54, 1.807) is 6.92 Å². The van der Waals surface area contributed by atoms with Crippen LogP contribution in [0, 0.1) is 5.92 Å². The first-order valence-electron chi connectivity index (χ1n) is 11.6. The summed E-state index contributed by atoms with van der Waals surface area (Å²) in [5, 5.41) is 14.8. The molecule has 0 aliphatic heterocycles. The lowest BCUT2D eigenvalue weighted by atomic mass is 9.76. The van der Waals surface area contributed by atoms with Gasteiger partial charge < -0.3 is 20.5 Å². The third-order valence-corrected chi connectivity index (χ3v) is 6.85. The van der Waals surface area contributed by atoms with E-state index in [-0.39, 0.29) is 24.3 Å². The first-order valence-corrected chi connectivity index (χ1v) is 11.6. The number of aliphatic carboxylic acids is 1. The SMILES string of the molecule is CC(CCCNC(=O)OCC1c2ccccc2-c2ccccc21)C(=O)NC1(C(=O)O)CCC1. The van der Waals surface area contributed by atoms with Gasteiger partial charge in [-0.1, -0.05) is 55.5 Å². The van der Waals surface area contributed by atoms with Gasteiger partial charge in [0.2, 0.25) is 5.91 Å². The molecule has 1 unspecified atom stereocenters. The zero-order valence-electron chi connectivity index (χ0n) is 18.8. The van der Waals surface area contributed by atoms with Crippen LogP contribution in [0.1, 0.15) is 56.1 Å². The molecule has 0 spiro atoms. The summed E-state index contributed by atoms with van der Waals surface area (Å²) in [5.41, 5.74) is 3.60. The Bertz CT molecular complexity index is 1000. The van der Waals surface area contributed by atoms with Gasteiger partial charge in [-0.3, -0.25) is 4.79 Å². The lowest BCUT2D eigenvalue weighted by Gasteiger charge is -2.38. The minimum Gasteiger partial charge on any atom is -0.480 e. The first-order chi connectivity index (χ1) is 15.9. The Kier molecular flexibility index (Phi) is 6.67. The topological polar surface area (TPSA) is 105 Å². The average Bonchev–Trinajstić information content (AvgIpc) is 3.11. The van der Waals surface area contributed by atoms with E-state index in [0.29, 0.717) is 32.2 Å². The quantitative estimate of drug-likeness (QED) is 0.500. The summed E-state index contributed by atoms with van der Waals surface area (Å²) in [5.74, 6) is -1.53. The van der Waals surface area contributed by atoms with Crippen molar-refractivity contribution in [2.45, 2.75) is 50.5 Å². The van der Waals surface area contributed by atoms with Crippen molar-refractivity contribution in [2.24, 2.45) is 5.92 Å². The molecule has 3 N–H and O–H groups in total. The van der Waals surface area contributed by atoms with Crippen molar-refractivity contribution in [3.05, 3.63) is 59.7 Å². The average molecular weight is 451 g/mol. The molecule has 2 aliphatic rings. The first kappa shape index (κ1) is 22.8. The largest absolute Gasteiger partial charge is 0.480 e. The second kappa shape index (κ2) is 9.65. The molecule has 2 amide bonds. The number of amides is 2. The van der Waals surface area contributed by atoms with E-state index in [1.165, 1.54) is 11.1 Å². The number of nitrogens with one attached hydrogen (secondary N) is 2. The highest BCUT2D eigenvalue weighted by Gasteiger charge is 2.46. The lowest BCUT2D eigenvalue weighted by molar-refractivity contribution is -0.152. The number of fused-ring (bicyclic) bond motifs is 3. The fraction of sp³-hybridized carbons (Fsp3) is 0.423. The number of rotatable bonds is 9. The minimum absolute atomic E-state index is 0.0138. The standard InChI is InChI=1S/C26H30N2O5/c1-17(23(29)28-26(24(30)31)13-7-14-26)8-6-15-27-25(32)33-16-22-20-11-4-2-9-18(20)19-10-3-5-12-21(19)22/h2-5,9-12,17,22H,6-8,13-16H2,1H3,(H,27,32)(H,28,29)(H,30,31). The van der Waals surface area contributed by atoms with Crippen LogP contribution in [0.3, 0.4) is 0 Å². The maximum Gasteiger partial charge on any atom is 0.407 e. The summed E-state index contributed by atoms with van der Waals surface area (Å²) >= 11 is 0. The van der Waals surface area contributed by atoms with Crippen LogP contribution in [0.25, 0.3) is 11.1 Å². The molecule has 7 nitrogen and oxygen atoms in total. The van der Waals surface area contributed by atoms with E-state index in [2.05, 4.69) is 34.9 Å². The normalized spacial score (nSPS) is 16.6. The maximum atomic E-state index is 12.3. The molecule has 0 heterocycles. The zero-order valence-corrected chi connectivity index (χ0v) is 18.8. The highest BCUT2D eigenvalue weighted by molar-refractivity contribution is 5.88. The van der Waals surface area contributed by atoms with Gasteiger partial charge in [0.25, 0.3) is 0 Å². The van der Waals surface area contributed by atoms with Crippen LogP contribution in [0.4, 0.5) is 4.79 Å². The van der Waals surface area contributed by atoms with Crippen molar-refractivity contribution in [3.8, 4) is 11.1 Å². The number of alkyl carbamates (subject to hydrolysis) is 1. The second-order valence-corrected chi connectivity index (χ2v) is 9.03. The number of carbonyl (C=O) groups excluding carboxylic acids is 2. The van der Waals surface area contributed by atoms with Crippen LogP contribution in [0.2, 0.25) is 0 Å². The van der Waals surface area contributed by atoms with Gasteiger partial charge in [0, 0.05) is 18.4 Å². The Labute approximate surface area is 193 Å². The number of hydrogen-bond donors (Lipinski definition) is 3. The summed E-state index contributed by atoms with van der Waals surface area (Å²) in [4.78, 5) is 36.0. The Morgan fingerprint density at radius 2 is 1.67 bits per heavy atom. The van der Waals surface area contributed by atoms with Gasteiger partial charge in [0.05, 0.1) is 0 Å². The number of benzene rings is 2. The van der Waals surface area contributed by atoms with Crippen molar-refractivity contribution in [1.82, 2.24) is 10.6 Å². The molecular formula is C26H30N2O5. The molecule has 2 aromatic rings. The van der Waals surface area contributed by atoms with E-state index in [9.17, 15) is 19.5 Å². The van der Waals surface area contributed by atoms with Crippen LogP contribution in [0.5, 0.6) is 0 Å². The molecule has 0 bridgehead atoms. The predicted octanol–water partition coefficient (Wildman–Crippen LogP) is 4.06. The van der Waals surface area contributed by atoms with E-state index in [4.69, 9.17) is 4.74 Å². The molecule has 0 radical (unpaired) electrons. The highest BCUT2D eigenvalue weighted by Crippen LogP contribution is 2.44. The Hall–Kier alpha value is -3.35. The van der Waals surface area contributed by atoms with E-state index in [0.717, 1.165) is 17.5 Å². The molecule has 2 aliphatic carbocycles. The molecule has 1 saturated carbocycles. The number of carboxylic acids is 1. The monoisotopic (exact) mass is 450 g/mol. The minimum atomic E-state index is -1.09. The lowest BCUT2D eigenvalue weighted by Crippen LogP contribution is -2.60. The Morgan fingerprint density at radius 3 is 2.21 bits per heavy atom. The van der Waals surface area contributed by atoms with E-state index >= 15 is 0 Å². The maximum absolute atomic E-state index is 12.3. The van der Waals surface area contributed by atoms with Crippen LogP contribution < -0.4 is 10.6 Å². The van der Waals surface area contributed by atoms with E-state index in [1.807, 2.05) is 24.3 Å². The van der Waals surface area contributed by atoms with Gasteiger partial charge in [-0.15, -0.1) is 0 Å². The zero-order chi connectivity index (χ0) is 23.4. The molecule has 33 heavy (non-hydrogen) atoms. The van der Waals surface area contributed by atoms with Gasteiger partial charge in [0.15, 0.2) is 0 Å². The molecule has 1 fully saturated rings. The number of carbonyl (C=O) groups is 3. The molecule has 0 aromatic heterocycles. The van der Waals surface area contributed by atoms with Crippen molar-refractivity contribution in [1.29, 1.82) is 0 Å². The van der Waals surface area contributed by atoms with Gasteiger partial charge >= 0.3 is 12.1 Å². The summed E-state index contributed by atoms with van der Waals surface area (Å²) in [6.07, 6.45) is 2.43. The number of carboxylic acid groups (broad SMARTS) is 1. The summed E-state index contributed by atoms with van der Waals surface area (Å²) in [6.45, 7) is 2.42. The van der Waals surface area contributed by atoms with Crippen LogP contribution in [0.15, 0.2) is 48.5 Å². The van der Waals surface area contributed by atoms with Gasteiger partial charge in [0.1, 0.15) is 12.1 Å². The second-order valence-electron chi connectivity index (χ2n) is 9.03. The Morgan fingerprint density at radius 1 is 1.06 bits per heavy atom. The summed E-state index contributed by atoms with van der Waals surface area (Å²) in [7, 11) is 0. The molecular weight excluding hydrogens is 420 g/mol. The smallest absolute Gasteiger partial charge is 0.407 e. The number of hydrogen-bond acceptors (Lipinski definition) is 4. The van der Waals surface area contributed by atoms with Gasteiger partial charge in [-0.25, -0.2) is 9.59 Å². The molecule has 7 heteroatoms. The molecule has 4 rings (SSSR count). The fourth-order valence-corrected chi connectivity index (χ4v) is 4.66. The molecule has 1 atom stereocenters. The summed E-state index contributed by atoms with van der Waals surface area (Å²) in [6, 6.07) is 16.4. The van der Waals surface area contributed by atoms with E-state index < -0.39 is 17.6 Å². The van der Waals surface area contributed by atoms with Crippen molar-refractivity contribution >= 4 is 18.0 Å². The van der Waals surface area contributed by atoms with Gasteiger partial charge in [-0.05, 0) is 54.4 Å².